The minimum Gasteiger partial charge on any atom is -0.462 e. The summed E-state index contributed by atoms with van der Waals surface area (Å²) in [6.07, 6.45) is 39.9. The van der Waals surface area contributed by atoms with Crippen LogP contribution < -0.4 is 5.32 Å². The summed E-state index contributed by atoms with van der Waals surface area (Å²) in [7, 11) is 0. The number of aliphatic hydroxyl groups excluding tert-OH is 2. The maximum absolute atomic E-state index is 13.0. The van der Waals surface area contributed by atoms with Crippen LogP contribution in [0.1, 0.15) is 233 Å². The molecule has 0 heterocycles. The second-order valence-corrected chi connectivity index (χ2v) is 15.1. The Bertz CT molecular complexity index is 757. The normalized spacial score (nSPS) is 13.5. The molecule has 0 aromatic carbocycles. The highest BCUT2D eigenvalue weighted by molar-refractivity contribution is 5.77. The average Bonchev–Trinajstić information content (AvgIpc) is 3.10. The smallest absolute Gasteiger partial charge is 0.306 e. The number of carbonyl (C=O) groups is 2. The Balaban J connectivity index is 4.51. The zero-order valence-electron chi connectivity index (χ0n) is 33.5. The predicted octanol–water partition coefficient (Wildman–Crippen LogP) is 12.2. The van der Waals surface area contributed by atoms with Gasteiger partial charge in [-0.25, -0.2) is 0 Å². The van der Waals surface area contributed by atoms with Gasteiger partial charge in [0.2, 0.25) is 5.91 Å². The van der Waals surface area contributed by atoms with E-state index in [0.29, 0.717) is 19.3 Å². The van der Waals surface area contributed by atoms with Gasteiger partial charge in [0, 0.05) is 6.42 Å². The highest BCUT2D eigenvalue weighted by Crippen LogP contribution is 2.17. The van der Waals surface area contributed by atoms with Crippen molar-refractivity contribution in [2.24, 2.45) is 0 Å². The minimum atomic E-state index is -0.780. The lowest BCUT2D eigenvalue weighted by atomic mass is 10.0. The molecule has 6 heteroatoms. The SMILES string of the molecule is CCCCC/C=C\CCCCCCCC(=O)OC(CCCCCCCCCC)CC(=O)NC(CO)C(O)CCCCCCCCCCCCC. The number of rotatable bonds is 39. The summed E-state index contributed by atoms with van der Waals surface area (Å²) < 4.78 is 5.87. The van der Waals surface area contributed by atoms with Gasteiger partial charge in [-0.2, -0.15) is 0 Å². The number of hydrogen-bond acceptors (Lipinski definition) is 5. The van der Waals surface area contributed by atoms with Crippen LogP contribution in [0.25, 0.3) is 0 Å². The molecule has 0 aliphatic rings. The lowest BCUT2D eigenvalue weighted by Gasteiger charge is -2.24. The molecule has 0 saturated heterocycles. The van der Waals surface area contributed by atoms with E-state index in [0.717, 1.165) is 51.4 Å². The van der Waals surface area contributed by atoms with E-state index >= 15 is 0 Å². The molecule has 0 saturated carbocycles. The Hall–Kier alpha value is -1.40. The Morgan fingerprint density at radius 3 is 1.46 bits per heavy atom. The molecule has 0 aromatic heterocycles. The van der Waals surface area contributed by atoms with Gasteiger partial charge in [0.05, 0.1) is 25.2 Å². The second kappa shape index (κ2) is 38.8. The molecular formula is C44H85NO5. The number of carbonyl (C=O) groups excluding carboxylic acids is 2. The van der Waals surface area contributed by atoms with E-state index in [1.54, 1.807) is 0 Å². The van der Waals surface area contributed by atoms with Crippen LogP contribution in [0, 0.1) is 0 Å². The van der Waals surface area contributed by atoms with E-state index in [-0.39, 0.29) is 24.9 Å². The quantitative estimate of drug-likeness (QED) is 0.0336. The van der Waals surface area contributed by atoms with E-state index in [2.05, 4.69) is 38.2 Å². The van der Waals surface area contributed by atoms with Gasteiger partial charge >= 0.3 is 5.97 Å². The molecule has 3 N–H and O–H groups in total. The van der Waals surface area contributed by atoms with Crippen molar-refractivity contribution in [3.05, 3.63) is 12.2 Å². The Labute approximate surface area is 310 Å². The third-order valence-corrected chi connectivity index (χ3v) is 10.1. The number of amides is 1. The van der Waals surface area contributed by atoms with Crippen molar-refractivity contribution in [3.8, 4) is 0 Å². The molecule has 6 nitrogen and oxygen atoms in total. The van der Waals surface area contributed by atoms with Crippen molar-refractivity contribution in [3.63, 3.8) is 0 Å². The first-order valence-corrected chi connectivity index (χ1v) is 21.9. The van der Waals surface area contributed by atoms with Crippen molar-refractivity contribution >= 4 is 11.9 Å². The lowest BCUT2D eigenvalue weighted by Crippen LogP contribution is -2.46. The maximum atomic E-state index is 13.0. The van der Waals surface area contributed by atoms with Gasteiger partial charge in [0.1, 0.15) is 6.10 Å². The third kappa shape index (κ3) is 33.7. The number of ether oxygens (including phenoxy) is 1. The first-order chi connectivity index (χ1) is 24.5. The van der Waals surface area contributed by atoms with E-state index < -0.39 is 18.2 Å². The molecular weight excluding hydrogens is 622 g/mol. The first-order valence-electron chi connectivity index (χ1n) is 21.9. The van der Waals surface area contributed by atoms with Crippen molar-refractivity contribution in [2.75, 3.05) is 6.61 Å². The highest BCUT2D eigenvalue weighted by Gasteiger charge is 2.24. The molecule has 0 aliphatic carbocycles. The van der Waals surface area contributed by atoms with Crippen LogP contribution in [0.2, 0.25) is 0 Å². The Kier molecular flexibility index (Phi) is 37.7. The first kappa shape index (κ1) is 48.6. The fourth-order valence-electron chi connectivity index (χ4n) is 6.72. The van der Waals surface area contributed by atoms with E-state index in [4.69, 9.17) is 4.74 Å². The molecule has 3 unspecified atom stereocenters. The maximum Gasteiger partial charge on any atom is 0.306 e. The van der Waals surface area contributed by atoms with Gasteiger partial charge in [0.15, 0.2) is 0 Å². The fraction of sp³-hybridized carbons (Fsp3) is 0.909. The zero-order valence-corrected chi connectivity index (χ0v) is 33.5. The van der Waals surface area contributed by atoms with Crippen LogP contribution in [0.5, 0.6) is 0 Å². The monoisotopic (exact) mass is 708 g/mol. The summed E-state index contributed by atoms with van der Waals surface area (Å²) in [6, 6.07) is -0.693. The number of aliphatic hydroxyl groups is 2. The zero-order chi connectivity index (χ0) is 36.8. The van der Waals surface area contributed by atoms with Crippen LogP contribution in [0.15, 0.2) is 12.2 Å². The summed E-state index contributed by atoms with van der Waals surface area (Å²) in [4.78, 5) is 25.8. The van der Waals surface area contributed by atoms with Crippen LogP contribution in [-0.2, 0) is 14.3 Å². The molecule has 0 fully saturated rings. The Morgan fingerprint density at radius 1 is 0.560 bits per heavy atom. The number of esters is 1. The van der Waals surface area contributed by atoms with Crippen molar-refractivity contribution in [1.29, 1.82) is 0 Å². The largest absolute Gasteiger partial charge is 0.462 e. The lowest BCUT2D eigenvalue weighted by molar-refractivity contribution is -0.151. The van der Waals surface area contributed by atoms with Gasteiger partial charge in [-0.1, -0.05) is 181 Å². The topological polar surface area (TPSA) is 95.9 Å². The van der Waals surface area contributed by atoms with Crippen molar-refractivity contribution < 1.29 is 24.5 Å². The summed E-state index contributed by atoms with van der Waals surface area (Å²) in [5.74, 6) is -0.480. The molecule has 3 atom stereocenters. The predicted molar refractivity (Wildman–Crippen MR) is 213 cm³/mol. The van der Waals surface area contributed by atoms with E-state index in [1.807, 2.05) is 0 Å². The minimum absolute atomic E-state index is 0.0792. The number of hydrogen-bond donors (Lipinski definition) is 3. The average molecular weight is 708 g/mol. The molecule has 0 bridgehead atoms. The summed E-state index contributed by atoms with van der Waals surface area (Å²) in [5, 5.41) is 23.5. The summed E-state index contributed by atoms with van der Waals surface area (Å²) in [6.45, 7) is 6.42. The number of nitrogens with one attached hydrogen (secondary N) is 1. The molecule has 0 rings (SSSR count). The van der Waals surface area contributed by atoms with E-state index in [1.165, 1.54) is 135 Å². The van der Waals surface area contributed by atoms with Crippen LogP contribution in [0.4, 0.5) is 0 Å². The molecule has 0 aliphatic heterocycles. The van der Waals surface area contributed by atoms with Gasteiger partial charge in [-0.15, -0.1) is 0 Å². The molecule has 0 spiro atoms. The third-order valence-electron chi connectivity index (χ3n) is 10.1. The van der Waals surface area contributed by atoms with Gasteiger partial charge in [-0.3, -0.25) is 9.59 Å². The fourth-order valence-corrected chi connectivity index (χ4v) is 6.72. The van der Waals surface area contributed by atoms with Crippen LogP contribution >= 0.6 is 0 Å². The van der Waals surface area contributed by atoms with E-state index in [9.17, 15) is 19.8 Å². The molecule has 50 heavy (non-hydrogen) atoms. The van der Waals surface area contributed by atoms with Gasteiger partial charge < -0.3 is 20.3 Å². The van der Waals surface area contributed by atoms with Crippen molar-refractivity contribution in [1.82, 2.24) is 5.32 Å². The summed E-state index contributed by atoms with van der Waals surface area (Å²) in [5.41, 5.74) is 0. The molecule has 0 aromatic rings. The standard InChI is InChI=1S/C44H85NO5/c1-4-7-10-13-16-19-21-23-25-28-31-34-37-44(49)50-40(35-32-29-26-18-15-12-9-6-3)38-43(48)45-41(39-46)42(47)36-33-30-27-24-22-20-17-14-11-8-5-2/h16,19,40-42,46-47H,4-15,17-18,20-39H2,1-3H3,(H,45,48)/b19-16-. The molecule has 296 valence electrons. The second-order valence-electron chi connectivity index (χ2n) is 15.1. The van der Waals surface area contributed by atoms with Gasteiger partial charge in [-0.05, 0) is 51.4 Å². The highest BCUT2D eigenvalue weighted by atomic mass is 16.5. The Morgan fingerprint density at radius 2 is 0.960 bits per heavy atom. The van der Waals surface area contributed by atoms with Crippen LogP contribution in [-0.4, -0.2) is 46.9 Å². The van der Waals surface area contributed by atoms with Gasteiger partial charge in [0.25, 0.3) is 0 Å². The van der Waals surface area contributed by atoms with Crippen molar-refractivity contribution in [2.45, 2.75) is 251 Å². The van der Waals surface area contributed by atoms with Crippen LogP contribution in [0.3, 0.4) is 0 Å². The molecule has 1 amide bonds. The number of allylic oxidation sites excluding steroid dienone is 2. The summed E-state index contributed by atoms with van der Waals surface area (Å²) >= 11 is 0. The molecule has 0 radical (unpaired) electrons. The number of unbranched alkanes of at least 4 members (excludes halogenated alkanes) is 25.